The van der Waals surface area contributed by atoms with E-state index in [9.17, 15) is 13.2 Å². The second-order valence-electron chi connectivity index (χ2n) is 4.74. The lowest BCUT2D eigenvalue weighted by Crippen LogP contribution is -2.06. The first kappa shape index (κ1) is 14.1. The van der Waals surface area contributed by atoms with Crippen LogP contribution in [0.4, 0.5) is 13.2 Å². The minimum absolute atomic E-state index is 0.0872. The van der Waals surface area contributed by atoms with Crippen LogP contribution in [0.3, 0.4) is 0 Å². The van der Waals surface area contributed by atoms with Gasteiger partial charge in [0.1, 0.15) is 5.65 Å². The number of benzene rings is 1. The maximum absolute atomic E-state index is 13.1. The van der Waals surface area contributed by atoms with Gasteiger partial charge in [0.05, 0.1) is 11.3 Å². The minimum atomic E-state index is -4.40. The lowest BCUT2D eigenvalue weighted by molar-refractivity contribution is -0.137. The Kier molecular flexibility index (Phi) is 3.28. The molecule has 0 N–H and O–H groups in total. The Balaban J connectivity index is 2.25. The average molecular weight is 355 g/mol. The zero-order chi connectivity index (χ0) is 15.2. The van der Waals surface area contributed by atoms with Crippen molar-refractivity contribution < 1.29 is 13.2 Å². The molecule has 0 amide bonds. The van der Waals surface area contributed by atoms with E-state index in [0.29, 0.717) is 11.3 Å². The van der Waals surface area contributed by atoms with E-state index in [1.165, 1.54) is 12.1 Å². The van der Waals surface area contributed by atoms with Gasteiger partial charge in [-0.25, -0.2) is 4.98 Å². The lowest BCUT2D eigenvalue weighted by atomic mass is 10.1. The molecule has 0 aliphatic carbocycles. The van der Waals surface area contributed by atoms with Crippen LogP contribution >= 0.6 is 15.9 Å². The summed E-state index contributed by atoms with van der Waals surface area (Å²) in [6.45, 7) is 1.87. The number of aromatic nitrogens is 2. The number of imidazole rings is 1. The molecule has 0 atom stereocenters. The van der Waals surface area contributed by atoms with E-state index in [2.05, 4.69) is 20.9 Å². The van der Waals surface area contributed by atoms with E-state index in [0.717, 1.165) is 16.1 Å². The standard InChI is InChI=1S/C15H10BrF3N2/c1-9-6-10(16)7-21-8-13(20-14(9)21)11-4-2-3-5-12(11)15(17,18)19/h2-8H,1H3. The number of halogens is 4. The van der Waals surface area contributed by atoms with Crippen molar-refractivity contribution in [3.05, 3.63) is 58.3 Å². The molecule has 0 saturated carbocycles. The van der Waals surface area contributed by atoms with E-state index < -0.39 is 11.7 Å². The van der Waals surface area contributed by atoms with Crippen LogP contribution in [0.5, 0.6) is 0 Å². The SMILES string of the molecule is Cc1cc(Br)cn2cc(-c3ccccc3C(F)(F)F)nc12. The molecule has 0 spiro atoms. The van der Waals surface area contributed by atoms with Crippen molar-refractivity contribution in [2.75, 3.05) is 0 Å². The molecule has 0 radical (unpaired) electrons. The van der Waals surface area contributed by atoms with Crippen molar-refractivity contribution >= 4 is 21.6 Å². The zero-order valence-corrected chi connectivity index (χ0v) is 12.5. The number of hydrogen-bond acceptors (Lipinski definition) is 1. The van der Waals surface area contributed by atoms with E-state index in [-0.39, 0.29) is 5.56 Å². The van der Waals surface area contributed by atoms with Crippen LogP contribution in [-0.2, 0) is 6.18 Å². The van der Waals surface area contributed by atoms with Gasteiger partial charge in [-0.15, -0.1) is 0 Å². The fourth-order valence-electron chi connectivity index (χ4n) is 2.31. The van der Waals surface area contributed by atoms with Crippen molar-refractivity contribution in [3.63, 3.8) is 0 Å². The van der Waals surface area contributed by atoms with Crippen LogP contribution in [0.1, 0.15) is 11.1 Å². The van der Waals surface area contributed by atoms with Crippen molar-refractivity contribution in [3.8, 4) is 11.3 Å². The van der Waals surface area contributed by atoms with Crippen LogP contribution in [0.2, 0.25) is 0 Å². The molecule has 108 valence electrons. The summed E-state index contributed by atoms with van der Waals surface area (Å²) in [5.41, 5.74) is 1.25. The van der Waals surface area contributed by atoms with Gasteiger partial charge < -0.3 is 4.40 Å². The van der Waals surface area contributed by atoms with E-state index >= 15 is 0 Å². The summed E-state index contributed by atoms with van der Waals surface area (Å²) in [6.07, 6.45) is -1.02. The fourth-order valence-corrected chi connectivity index (χ4v) is 2.87. The van der Waals surface area contributed by atoms with Crippen molar-refractivity contribution in [1.82, 2.24) is 9.38 Å². The summed E-state index contributed by atoms with van der Waals surface area (Å²) >= 11 is 3.37. The predicted molar refractivity (Wildman–Crippen MR) is 78.1 cm³/mol. The second kappa shape index (κ2) is 4.87. The van der Waals surface area contributed by atoms with Crippen molar-refractivity contribution in [1.29, 1.82) is 0 Å². The quantitative estimate of drug-likeness (QED) is 0.594. The number of hydrogen-bond donors (Lipinski definition) is 0. The van der Waals surface area contributed by atoms with Crippen LogP contribution in [0.25, 0.3) is 16.9 Å². The zero-order valence-electron chi connectivity index (χ0n) is 10.9. The van der Waals surface area contributed by atoms with Crippen LogP contribution in [0.15, 0.2) is 47.2 Å². The molecule has 2 aromatic heterocycles. The molecule has 0 saturated heterocycles. The van der Waals surface area contributed by atoms with Crippen LogP contribution in [0, 0.1) is 6.92 Å². The summed E-state index contributed by atoms with van der Waals surface area (Å²) in [4.78, 5) is 4.34. The third-order valence-electron chi connectivity index (χ3n) is 3.21. The summed E-state index contributed by atoms with van der Waals surface area (Å²) in [5, 5.41) is 0. The maximum Gasteiger partial charge on any atom is 0.417 e. The molecular formula is C15H10BrF3N2. The molecule has 0 fully saturated rings. The smallest absolute Gasteiger partial charge is 0.305 e. The molecule has 1 aromatic carbocycles. The third kappa shape index (κ3) is 2.55. The number of pyridine rings is 1. The van der Waals surface area contributed by atoms with Gasteiger partial charge >= 0.3 is 6.18 Å². The molecule has 0 aliphatic rings. The largest absolute Gasteiger partial charge is 0.417 e. The Hall–Kier alpha value is -1.82. The lowest BCUT2D eigenvalue weighted by Gasteiger charge is -2.10. The van der Waals surface area contributed by atoms with Gasteiger partial charge in [0.2, 0.25) is 0 Å². The number of aryl methyl sites for hydroxylation is 1. The highest BCUT2D eigenvalue weighted by molar-refractivity contribution is 9.10. The minimum Gasteiger partial charge on any atom is -0.305 e. The highest BCUT2D eigenvalue weighted by atomic mass is 79.9. The molecule has 0 unspecified atom stereocenters. The molecular weight excluding hydrogens is 345 g/mol. The Morgan fingerprint density at radius 3 is 2.57 bits per heavy atom. The molecule has 2 heterocycles. The van der Waals surface area contributed by atoms with E-state index in [1.807, 2.05) is 13.0 Å². The molecule has 0 bridgehead atoms. The Bertz CT molecular complexity index is 821. The topological polar surface area (TPSA) is 17.3 Å². The highest BCUT2D eigenvalue weighted by Gasteiger charge is 2.33. The Morgan fingerprint density at radius 1 is 1.14 bits per heavy atom. The molecule has 3 rings (SSSR count). The van der Waals surface area contributed by atoms with Crippen LogP contribution < -0.4 is 0 Å². The summed E-state index contributed by atoms with van der Waals surface area (Å²) in [5.74, 6) is 0. The third-order valence-corrected chi connectivity index (χ3v) is 3.64. The van der Waals surface area contributed by atoms with Gasteiger partial charge in [-0.3, -0.25) is 0 Å². The molecule has 0 aliphatic heterocycles. The predicted octanol–water partition coefficient (Wildman–Crippen LogP) is 5.09. The number of fused-ring (bicyclic) bond motifs is 1. The summed E-state index contributed by atoms with van der Waals surface area (Å²) in [7, 11) is 0. The van der Waals surface area contributed by atoms with Gasteiger partial charge in [0.15, 0.2) is 0 Å². The molecule has 2 nitrogen and oxygen atoms in total. The monoisotopic (exact) mass is 354 g/mol. The molecule has 21 heavy (non-hydrogen) atoms. The van der Waals surface area contributed by atoms with E-state index in [4.69, 9.17) is 0 Å². The summed E-state index contributed by atoms with van der Waals surface area (Å²) in [6, 6.07) is 7.35. The van der Waals surface area contributed by atoms with E-state index in [1.54, 1.807) is 22.9 Å². The first-order chi connectivity index (χ1) is 9.86. The maximum atomic E-state index is 13.1. The van der Waals surface area contributed by atoms with Crippen LogP contribution in [-0.4, -0.2) is 9.38 Å². The fraction of sp³-hybridized carbons (Fsp3) is 0.133. The van der Waals surface area contributed by atoms with Gasteiger partial charge in [-0.2, -0.15) is 13.2 Å². The van der Waals surface area contributed by atoms with Gasteiger partial charge in [-0.05, 0) is 40.5 Å². The second-order valence-corrected chi connectivity index (χ2v) is 5.66. The number of rotatable bonds is 1. The first-order valence-corrected chi connectivity index (χ1v) is 6.97. The van der Waals surface area contributed by atoms with Crippen molar-refractivity contribution in [2.24, 2.45) is 0 Å². The number of alkyl halides is 3. The van der Waals surface area contributed by atoms with Gasteiger partial charge in [0.25, 0.3) is 0 Å². The number of nitrogens with zero attached hydrogens (tertiary/aromatic N) is 2. The van der Waals surface area contributed by atoms with Gasteiger partial charge in [-0.1, -0.05) is 18.2 Å². The molecule has 6 heteroatoms. The van der Waals surface area contributed by atoms with Gasteiger partial charge in [0, 0.05) is 22.4 Å². The van der Waals surface area contributed by atoms with Crippen molar-refractivity contribution in [2.45, 2.75) is 13.1 Å². The normalized spacial score (nSPS) is 12.0. The Morgan fingerprint density at radius 2 is 1.86 bits per heavy atom. The average Bonchev–Trinajstić information content (AvgIpc) is 2.81. The highest BCUT2D eigenvalue weighted by Crippen LogP contribution is 2.36. The Labute approximate surface area is 127 Å². The first-order valence-electron chi connectivity index (χ1n) is 6.18. The molecule has 3 aromatic rings. The summed E-state index contributed by atoms with van der Waals surface area (Å²) < 4.78 is 41.8.